The number of likely N-dealkylation sites (tertiary alicyclic amines) is 1. The van der Waals surface area contributed by atoms with Crippen LogP contribution in [0.25, 0.3) is 0 Å². The Hall–Kier alpha value is -2.37. The number of carbonyl (C=O) groups excluding carboxylic acids is 2. The normalized spacial score (nSPS) is 16.3. The number of carbonyl (C=O) groups is 2. The summed E-state index contributed by atoms with van der Waals surface area (Å²) in [7, 11) is 2.58. The maximum atomic E-state index is 13.9. The van der Waals surface area contributed by atoms with Gasteiger partial charge in [-0.25, -0.2) is 9.18 Å². The van der Waals surface area contributed by atoms with Crippen LogP contribution in [-0.4, -0.2) is 44.0 Å². The lowest BCUT2D eigenvalue weighted by molar-refractivity contribution is -0.135. The summed E-state index contributed by atoms with van der Waals surface area (Å²) in [5, 5.41) is 0. The van der Waals surface area contributed by atoms with Crippen LogP contribution in [0.1, 0.15) is 30.1 Å². The lowest BCUT2D eigenvalue weighted by atomic mass is 10.00. The monoisotopic (exact) mass is 321 g/mol. The Balaban J connectivity index is 2.48. The maximum Gasteiger partial charge on any atom is 0.343 e. The smallest absolute Gasteiger partial charge is 0.343 e. The molecule has 1 heterocycles. The largest absolute Gasteiger partial charge is 0.494 e. The first kappa shape index (κ1) is 17.0. The third kappa shape index (κ3) is 3.36. The van der Waals surface area contributed by atoms with E-state index in [0.29, 0.717) is 18.7 Å². The molecule has 0 N–H and O–H groups in total. The van der Waals surface area contributed by atoms with Crippen molar-refractivity contribution < 1.29 is 23.5 Å². The number of ketones is 1. The molecular weight excluding hydrogens is 301 g/mol. The summed E-state index contributed by atoms with van der Waals surface area (Å²) in [6.07, 6.45) is 1.50. The van der Waals surface area contributed by atoms with Crippen molar-refractivity contribution in [1.29, 1.82) is 0 Å². The number of ether oxygens (including phenoxy) is 2. The van der Waals surface area contributed by atoms with E-state index in [4.69, 9.17) is 9.47 Å². The molecule has 1 aliphatic rings. The zero-order valence-electron chi connectivity index (χ0n) is 13.5. The van der Waals surface area contributed by atoms with E-state index in [1.807, 2.05) is 11.8 Å². The lowest BCUT2D eigenvalue weighted by Gasteiger charge is -2.20. The predicted octanol–water partition coefficient (Wildman–Crippen LogP) is 2.56. The van der Waals surface area contributed by atoms with E-state index >= 15 is 0 Å². The summed E-state index contributed by atoms with van der Waals surface area (Å²) >= 11 is 0. The molecule has 0 radical (unpaired) electrons. The van der Waals surface area contributed by atoms with Crippen molar-refractivity contribution >= 4 is 11.8 Å². The second-order valence-corrected chi connectivity index (χ2v) is 5.17. The molecule has 124 valence electrons. The summed E-state index contributed by atoms with van der Waals surface area (Å²) < 4.78 is 23.5. The standard InChI is InChI=1S/C17H20FNO4/c1-4-19-9-5-6-13(19)15(17(21)23-3)16(20)11-7-8-14(22-2)12(18)10-11/h7-8,10H,4-6,9H2,1-3H3/b15-13+. The van der Waals surface area contributed by atoms with Crippen molar-refractivity contribution in [3.8, 4) is 5.75 Å². The van der Waals surface area contributed by atoms with Gasteiger partial charge >= 0.3 is 5.97 Å². The van der Waals surface area contributed by atoms with Crippen LogP contribution < -0.4 is 4.74 Å². The number of methoxy groups -OCH3 is 2. The Bertz CT molecular complexity index is 654. The van der Waals surface area contributed by atoms with E-state index in [-0.39, 0.29) is 16.9 Å². The van der Waals surface area contributed by atoms with E-state index in [1.165, 1.54) is 26.4 Å². The van der Waals surface area contributed by atoms with E-state index in [2.05, 4.69) is 0 Å². The van der Waals surface area contributed by atoms with Gasteiger partial charge in [0, 0.05) is 24.4 Å². The van der Waals surface area contributed by atoms with Gasteiger partial charge < -0.3 is 14.4 Å². The first-order valence-electron chi connectivity index (χ1n) is 7.48. The molecule has 1 fully saturated rings. The first-order chi connectivity index (χ1) is 11.0. The molecule has 0 amide bonds. The molecular formula is C17H20FNO4. The van der Waals surface area contributed by atoms with Crippen molar-refractivity contribution in [3.63, 3.8) is 0 Å². The Kier molecular flexibility index (Phi) is 5.36. The molecule has 23 heavy (non-hydrogen) atoms. The van der Waals surface area contributed by atoms with Crippen LogP contribution in [0.3, 0.4) is 0 Å². The molecule has 1 aromatic carbocycles. The predicted molar refractivity (Wildman–Crippen MR) is 82.8 cm³/mol. The topological polar surface area (TPSA) is 55.8 Å². The highest BCUT2D eigenvalue weighted by atomic mass is 19.1. The van der Waals surface area contributed by atoms with Crippen LogP contribution >= 0.6 is 0 Å². The Morgan fingerprint density at radius 1 is 1.30 bits per heavy atom. The average molecular weight is 321 g/mol. The van der Waals surface area contributed by atoms with Gasteiger partial charge in [-0.05, 0) is 38.0 Å². The van der Waals surface area contributed by atoms with E-state index in [9.17, 15) is 14.0 Å². The fraction of sp³-hybridized carbons (Fsp3) is 0.412. The molecule has 0 unspecified atom stereocenters. The van der Waals surface area contributed by atoms with Gasteiger partial charge in [0.05, 0.1) is 14.2 Å². The molecule has 0 spiro atoms. The molecule has 0 aromatic heterocycles. The van der Waals surface area contributed by atoms with Crippen molar-refractivity contribution in [2.75, 3.05) is 27.3 Å². The Morgan fingerprint density at radius 3 is 2.61 bits per heavy atom. The van der Waals surface area contributed by atoms with Crippen molar-refractivity contribution in [3.05, 3.63) is 40.8 Å². The minimum absolute atomic E-state index is 0.0172. The van der Waals surface area contributed by atoms with Gasteiger partial charge in [0.25, 0.3) is 0 Å². The average Bonchev–Trinajstić information content (AvgIpc) is 3.02. The van der Waals surface area contributed by atoms with E-state index in [1.54, 1.807) is 0 Å². The number of hydrogen-bond donors (Lipinski definition) is 0. The second-order valence-electron chi connectivity index (χ2n) is 5.17. The Labute approximate surface area is 134 Å². The molecule has 5 nitrogen and oxygen atoms in total. The quantitative estimate of drug-likeness (QED) is 0.274. The molecule has 0 aliphatic carbocycles. The number of hydrogen-bond acceptors (Lipinski definition) is 5. The summed E-state index contributed by atoms with van der Waals surface area (Å²) in [4.78, 5) is 26.9. The lowest BCUT2D eigenvalue weighted by Crippen LogP contribution is -2.25. The molecule has 1 aromatic rings. The molecule has 0 bridgehead atoms. The fourth-order valence-electron chi connectivity index (χ4n) is 2.76. The van der Waals surface area contributed by atoms with Gasteiger partial charge in [0.2, 0.25) is 5.78 Å². The third-order valence-electron chi connectivity index (χ3n) is 3.92. The van der Waals surface area contributed by atoms with Gasteiger partial charge in [-0.1, -0.05) is 0 Å². The van der Waals surface area contributed by atoms with Gasteiger partial charge in [-0.15, -0.1) is 0 Å². The highest BCUT2D eigenvalue weighted by molar-refractivity contribution is 6.24. The highest BCUT2D eigenvalue weighted by Gasteiger charge is 2.30. The molecule has 0 atom stereocenters. The van der Waals surface area contributed by atoms with Gasteiger partial charge in [0.1, 0.15) is 5.57 Å². The van der Waals surface area contributed by atoms with Crippen LogP contribution in [0.4, 0.5) is 4.39 Å². The first-order valence-corrected chi connectivity index (χ1v) is 7.48. The minimum Gasteiger partial charge on any atom is -0.494 e. The molecule has 1 aliphatic heterocycles. The highest BCUT2D eigenvalue weighted by Crippen LogP contribution is 2.28. The molecule has 1 saturated heterocycles. The molecule has 2 rings (SSSR count). The zero-order valence-corrected chi connectivity index (χ0v) is 13.5. The number of nitrogens with zero attached hydrogens (tertiary/aromatic N) is 1. The van der Waals surface area contributed by atoms with Gasteiger partial charge in [-0.3, -0.25) is 4.79 Å². The SMILES string of the molecule is CCN1CCC/C1=C(\C(=O)OC)C(=O)c1ccc(OC)c(F)c1. The minimum atomic E-state index is -0.693. The number of rotatable bonds is 5. The third-order valence-corrected chi connectivity index (χ3v) is 3.92. The molecule has 0 saturated carbocycles. The van der Waals surface area contributed by atoms with E-state index < -0.39 is 17.6 Å². The van der Waals surface area contributed by atoms with Crippen molar-refractivity contribution in [2.45, 2.75) is 19.8 Å². The Morgan fingerprint density at radius 2 is 2.04 bits per heavy atom. The summed E-state index contributed by atoms with van der Waals surface area (Å²) in [5.41, 5.74) is 0.746. The summed E-state index contributed by atoms with van der Waals surface area (Å²) in [6, 6.07) is 3.89. The van der Waals surface area contributed by atoms with Crippen LogP contribution in [0.15, 0.2) is 29.5 Å². The van der Waals surface area contributed by atoms with Gasteiger partial charge in [0.15, 0.2) is 11.6 Å². The van der Waals surface area contributed by atoms with Crippen LogP contribution in [-0.2, 0) is 9.53 Å². The number of halogens is 1. The zero-order chi connectivity index (χ0) is 17.0. The number of esters is 1. The maximum absolute atomic E-state index is 13.9. The van der Waals surface area contributed by atoms with Gasteiger partial charge in [-0.2, -0.15) is 0 Å². The summed E-state index contributed by atoms with van der Waals surface area (Å²) in [6.45, 7) is 3.44. The van der Waals surface area contributed by atoms with Crippen LogP contribution in [0.2, 0.25) is 0 Å². The number of benzene rings is 1. The number of allylic oxidation sites excluding steroid dienone is 1. The van der Waals surface area contributed by atoms with Crippen LogP contribution in [0.5, 0.6) is 5.75 Å². The van der Waals surface area contributed by atoms with E-state index in [0.717, 1.165) is 19.0 Å². The second kappa shape index (κ2) is 7.26. The van der Waals surface area contributed by atoms with Crippen molar-refractivity contribution in [2.24, 2.45) is 0 Å². The van der Waals surface area contributed by atoms with Crippen molar-refractivity contribution in [1.82, 2.24) is 4.90 Å². The number of Topliss-reactive ketones (excluding diaryl/α,β-unsaturated/α-hetero) is 1. The van der Waals surface area contributed by atoms with Crippen LogP contribution in [0, 0.1) is 5.82 Å². The fourth-order valence-corrected chi connectivity index (χ4v) is 2.76. The summed E-state index contributed by atoms with van der Waals surface area (Å²) in [5.74, 6) is -1.83. The molecule has 6 heteroatoms.